The van der Waals surface area contributed by atoms with Gasteiger partial charge >= 0.3 is 0 Å². The molecule has 0 unspecified atom stereocenters. The second kappa shape index (κ2) is 8.12. The molecule has 2 rings (SSSR count). The SMILES string of the molecule is COCCCN1C(=O)C(SCCO)=C(c2ccccc2)C1=O. The van der Waals surface area contributed by atoms with Crippen LogP contribution >= 0.6 is 11.8 Å². The highest BCUT2D eigenvalue weighted by molar-refractivity contribution is 8.04. The van der Waals surface area contributed by atoms with E-state index in [1.54, 1.807) is 7.11 Å². The Balaban J connectivity index is 2.29. The molecule has 2 amide bonds. The third-order valence-corrected chi connectivity index (χ3v) is 4.31. The zero-order valence-electron chi connectivity index (χ0n) is 12.4. The highest BCUT2D eigenvalue weighted by Crippen LogP contribution is 2.35. The van der Waals surface area contributed by atoms with Crippen LogP contribution in [0.4, 0.5) is 0 Å². The summed E-state index contributed by atoms with van der Waals surface area (Å²) in [4.78, 5) is 26.8. The number of carbonyl (C=O) groups excluding carboxylic acids is 2. The summed E-state index contributed by atoms with van der Waals surface area (Å²) in [6, 6.07) is 9.17. The molecule has 0 spiro atoms. The predicted molar refractivity (Wildman–Crippen MR) is 86.1 cm³/mol. The van der Waals surface area contributed by atoms with Crippen LogP contribution in [0, 0.1) is 0 Å². The first-order chi connectivity index (χ1) is 10.7. The molecule has 0 atom stereocenters. The lowest BCUT2D eigenvalue weighted by Crippen LogP contribution is -2.33. The minimum Gasteiger partial charge on any atom is -0.396 e. The van der Waals surface area contributed by atoms with E-state index in [-0.39, 0.29) is 18.4 Å². The highest BCUT2D eigenvalue weighted by Gasteiger charge is 2.38. The monoisotopic (exact) mass is 321 g/mol. The fourth-order valence-corrected chi connectivity index (χ4v) is 3.14. The Morgan fingerprint density at radius 2 is 1.91 bits per heavy atom. The number of nitrogens with zero attached hydrogens (tertiary/aromatic N) is 1. The molecule has 0 saturated carbocycles. The number of rotatable bonds is 8. The fourth-order valence-electron chi connectivity index (χ4n) is 2.26. The normalized spacial score (nSPS) is 15.1. The molecule has 0 radical (unpaired) electrons. The van der Waals surface area contributed by atoms with E-state index in [0.717, 1.165) is 5.56 Å². The van der Waals surface area contributed by atoms with E-state index in [1.165, 1.54) is 16.7 Å². The van der Waals surface area contributed by atoms with Crippen molar-refractivity contribution in [2.45, 2.75) is 6.42 Å². The minimum atomic E-state index is -0.279. The molecule has 0 bridgehead atoms. The Labute approximate surface area is 133 Å². The van der Waals surface area contributed by atoms with Gasteiger partial charge in [0.05, 0.1) is 17.1 Å². The van der Waals surface area contributed by atoms with E-state index < -0.39 is 0 Å². The Morgan fingerprint density at radius 1 is 1.18 bits per heavy atom. The van der Waals surface area contributed by atoms with Gasteiger partial charge in [-0.3, -0.25) is 14.5 Å². The standard InChI is InChI=1S/C16H19NO4S/c1-21-10-5-8-17-15(19)13(12-6-3-2-4-7-12)14(16(17)20)22-11-9-18/h2-4,6-7,18H,5,8-11H2,1H3. The Morgan fingerprint density at radius 3 is 2.55 bits per heavy atom. The van der Waals surface area contributed by atoms with Gasteiger partial charge in [-0.05, 0) is 12.0 Å². The molecule has 1 aromatic carbocycles. The van der Waals surface area contributed by atoms with Gasteiger partial charge in [0.2, 0.25) is 0 Å². The van der Waals surface area contributed by atoms with E-state index in [0.29, 0.717) is 35.8 Å². The molecular weight excluding hydrogens is 302 g/mol. The highest BCUT2D eigenvalue weighted by atomic mass is 32.2. The van der Waals surface area contributed by atoms with Gasteiger partial charge in [0.1, 0.15) is 0 Å². The third-order valence-electron chi connectivity index (χ3n) is 3.26. The van der Waals surface area contributed by atoms with Crippen molar-refractivity contribution in [2.24, 2.45) is 0 Å². The summed E-state index contributed by atoms with van der Waals surface area (Å²) < 4.78 is 4.97. The molecule has 1 N–H and O–H groups in total. The quantitative estimate of drug-likeness (QED) is 0.581. The summed E-state index contributed by atoms with van der Waals surface area (Å²) >= 11 is 1.23. The van der Waals surface area contributed by atoms with Crippen LogP contribution in [0.1, 0.15) is 12.0 Å². The van der Waals surface area contributed by atoms with Gasteiger partial charge in [0, 0.05) is 26.0 Å². The second-order valence-corrected chi connectivity index (χ2v) is 5.86. The number of hydrogen-bond donors (Lipinski definition) is 1. The van der Waals surface area contributed by atoms with Gasteiger partial charge in [-0.2, -0.15) is 0 Å². The van der Waals surface area contributed by atoms with Crippen LogP contribution in [0.25, 0.3) is 5.57 Å². The van der Waals surface area contributed by atoms with Gasteiger partial charge in [0.15, 0.2) is 0 Å². The number of thioether (sulfide) groups is 1. The number of methoxy groups -OCH3 is 1. The molecular formula is C16H19NO4S. The van der Waals surface area contributed by atoms with Crippen LogP contribution < -0.4 is 0 Å². The molecule has 1 aliphatic heterocycles. The number of ether oxygens (including phenoxy) is 1. The second-order valence-electron chi connectivity index (χ2n) is 4.75. The van der Waals surface area contributed by atoms with Crippen LogP contribution in [0.3, 0.4) is 0 Å². The first kappa shape index (κ1) is 16.7. The van der Waals surface area contributed by atoms with Crippen molar-refractivity contribution in [1.82, 2.24) is 4.90 Å². The average molecular weight is 321 g/mol. The molecule has 1 aromatic rings. The zero-order chi connectivity index (χ0) is 15.9. The predicted octanol–water partition coefficient (Wildman–Crippen LogP) is 1.53. The van der Waals surface area contributed by atoms with Gasteiger partial charge in [-0.1, -0.05) is 30.3 Å². The number of aliphatic hydroxyl groups is 1. The van der Waals surface area contributed by atoms with Gasteiger partial charge in [0.25, 0.3) is 11.8 Å². The summed E-state index contributed by atoms with van der Waals surface area (Å²) in [6.07, 6.45) is 0.605. The number of amides is 2. The first-order valence-electron chi connectivity index (χ1n) is 7.09. The van der Waals surface area contributed by atoms with E-state index in [2.05, 4.69) is 0 Å². The average Bonchev–Trinajstić information content (AvgIpc) is 2.78. The van der Waals surface area contributed by atoms with E-state index in [9.17, 15) is 9.59 Å². The molecule has 0 aliphatic carbocycles. The summed E-state index contributed by atoms with van der Waals surface area (Å²) in [5.74, 6) is -0.164. The topological polar surface area (TPSA) is 66.8 Å². The van der Waals surface area contributed by atoms with Crippen molar-refractivity contribution in [2.75, 3.05) is 32.6 Å². The molecule has 0 saturated heterocycles. The van der Waals surface area contributed by atoms with E-state index in [4.69, 9.17) is 9.84 Å². The van der Waals surface area contributed by atoms with Crippen molar-refractivity contribution in [1.29, 1.82) is 0 Å². The maximum absolute atomic E-state index is 12.6. The molecule has 5 nitrogen and oxygen atoms in total. The number of benzene rings is 1. The first-order valence-corrected chi connectivity index (χ1v) is 8.07. The largest absolute Gasteiger partial charge is 0.396 e. The van der Waals surface area contributed by atoms with Crippen molar-refractivity contribution in [3.8, 4) is 0 Å². The molecule has 1 aliphatic rings. The lowest BCUT2D eigenvalue weighted by Gasteiger charge is -2.14. The lowest BCUT2D eigenvalue weighted by molar-refractivity contribution is -0.136. The molecule has 0 aromatic heterocycles. The van der Waals surface area contributed by atoms with Crippen LogP contribution in [0.2, 0.25) is 0 Å². The number of imide groups is 1. The lowest BCUT2D eigenvalue weighted by atomic mass is 10.1. The maximum atomic E-state index is 12.6. The van der Waals surface area contributed by atoms with Crippen molar-refractivity contribution < 1.29 is 19.4 Å². The van der Waals surface area contributed by atoms with Crippen LogP contribution in [0.5, 0.6) is 0 Å². The van der Waals surface area contributed by atoms with Gasteiger partial charge < -0.3 is 9.84 Å². The number of hydrogen-bond acceptors (Lipinski definition) is 5. The van der Waals surface area contributed by atoms with Crippen molar-refractivity contribution in [3.05, 3.63) is 40.8 Å². The molecule has 118 valence electrons. The Bertz CT molecular complexity index is 571. The Hall–Kier alpha value is -1.63. The van der Waals surface area contributed by atoms with E-state index in [1.807, 2.05) is 30.3 Å². The molecule has 0 fully saturated rings. The third kappa shape index (κ3) is 3.58. The van der Waals surface area contributed by atoms with Crippen LogP contribution in [0.15, 0.2) is 35.2 Å². The van der Waals surface area contributed by atoms with Crippen LogP contribution in [-0.4, -0.2) is 54.4 Å². The summed E-state index contributed by atoms with van der Waals surface area (Å²) in [5, 5.41) is 9.01. The summed E-state index contributed by atoms with van der Waals surface area (Å²) in [6.45, 7) is 0.795. The van der Waals surface area contributed by atoms with Crippen molar-refractivity contribution in [3.63, 3.8) is 0 Å². The molecule has 22 heavy (non-hydrogen) atoms. The number of carbonyl (C=O) groups is 2. The number of aliphatic hydroxyl groups excluding tert-OH is 1. The van der Waals surface area contributed by atoms with Gasteiger partial charge in [-0.15, -0.1) is 11.8 Å². The minimum absolute atomic E-state index is 0.0403. The van der Waals surface area contributed by atoms with E-state index >= 15 is 0 Å². The molecule has 6 heteroatoms. The maximum Gasteiger partial charge on any atom is 0.267 e. The van der Waals surface area contributed by atoms with Crippen LogP contribution in [-0.2, 0) is 14.3 Å². The smallest absolute Gasteiger partial charge is 0.267 e. The zero-order valence-corrected chi connectivity index (χ0v) is 13.3. The fraction of sp³-hybridized carbons (Fsp3) is 0.375. The molecule has 1 heterocycles. The van der Waals surface area contributed by atoms with Crippen molar-refractivity contribution >= 4 is 29.1 Å². The summed E-state index contributed by atoms with van der Waals surface area (Å²) in [5.41, 5.74) is 1.16. The summed E-state index contributed by atoms with van der Waals surface area (Å²) in [7, 11) is 1.59. The van der Waals surface area contributed by atoms with Gasteiger partial charge in [-0.25, -0.2) is 0 Å². The Kier molecular flexibility index (Phi) is 6.18.